The lowest BCUT2D eigenvalue weighted by Gasteiger charge is -2.26. The molecule has 1 amide bonds. The molecule has 2 aromatic heterocycles. The van der Waals surface area contributed by atoms with E-state index in [0.29, 0.717) is 28.5 Å². The van der Waals surface area contributed by atoms with E-state index in [1.165, 1.54) is 5.56 Å². The van der Waals surface area contributed by atoms with Gasteiger partial charge in [0.2, 0.25) is 0 Å². The molecule has 6 nitrogen and oxygen atoms in total. The summed E-state index contributed by atoms with van der Waals surface area (Å²) in [6, 6.07) is 15.0. The molecule has 0 fully saturated rings. The molecular formula is C26H23ClN4O2. The third-order valence-corrected chi connectivity index (χ3v) is 6.58. The maximum absolute atomic E-state index is 13.5. The summed E-state index contributed by atoms with van der Waals surface area (Å²) in [4.78, 5) is 19.5. The summed E-state index contributed by atoms with van der Waals surface area (Å²) in [5.41, 5.74) is 6.08. The molecule has 0 bridgehead atoms. The van der Waals surface area contributed by atoms with Crippen LogP contribution in [-0.2, 0) is 13.0 Å². The number of hydrogen-bond acceptors (Lipinski definition) is 4. The molecule has 33 heavy (non-hydrogen) atoms. The van der Waals surface area contributed by atoms with Crippen molar-refractivity contribution in [2.45, 2.75) is 32.9 Å². The number of phenolic OH excluding ortho intramolecular Hbond substituents is 1. The van der Waals surface area contributed by atoms with Gasteiger partial charge in [0.15, 0.2) is 0 Å². The van der Waals surface area contributed by atoms with E-state index in [4.69, 9.17) is 11.6 Å². The number of carbonyl (C=O) groups excluding carboxylic acids is 1. The van der Waals surface area contributed by atoms with E-state index < -0.39 is 0 Å². The highest BCUT2D eigenvalue weighted by molar-refractivity contribution is 6.31. The Morgan fingerprint density at radius 2 is 1.94 bits per heavy atom. The van der Waals surface area contributed by atoms with Gasteiger partial charge in [-0.3, -0.25) is 14.9 Å². The number of rotatable bonds is 5. The highest BCUT2D eigenvalue weighted by Crippen LogP contribution is 2.45. The first kappa shape index (κ1) is 21.2. The molecule has 2 aromatic carbocycles. The van der Waals surface area contributed by atoms with Crippen molar-refractivity contribution in [1.29, 1.82) is 0 Å². The van der Waals surface area contributed by atoms with Crippen LogP contribution >= 0.6 is 11.6 Å². The van der Waals surface area contributed by atoms with Crippen LogP contribution in [0.3, 0.4) is 0 Å². The summed E-state index contributed by atoms with van der Waals surface area (Å²) in [6.45, 7) is 4.34. The third-order valence-electron chi connectivity index (χ3n) is 6.18. The van der Waals surface area contributed by atoms with Crippen LogP contribution in [0.25, 0.3) is 11.3 Å². The summed E-state index contributed by atoms with van der Waals surface area (Å²) in [5, 5.41) is 18.6. The Morgan fingerprint density at radius 1 is 1.15 bits per heavy atom. The number of hydrogen-bond donors (Lipinski definition) is 2. The van der Waals surface area contributed by atoms with Gasteiger partial charge in [0.25, 0.3) is 5.91 Å². The number of benzene rings is 2. The molecule has 4 aromatic rings. The monoisotopic (exact) mass is 458 g/mol. The molecule has 3 heterocycles. The maximum atomic E-state index is 13.5. The van der Waals surface area contributed by atoms with E-state index in [1.807, 2.05) is 24.0 Å². The van der Waals surface area contributed by atoms with Crippen molar-refractivity contribution >= 4 is 17.5 Å². The Balaban J connectivity index is 1.67. The Bertz CT molecular complexity index is 1330. The SMILES string of the molecule is CCc1ccc([C@@H]2c3c(-c4cc(Cl)c(C)cc4O)n[nH]c3C(=O)N2Cc2cccnc2)cc1. The lowest BCUT2D eigenvalue weighted by Crippen LogP contribution is -2.29. The molecule has 1 aliphatic rings. The number of aromatic hydroxyl groups is 1. The van der Waals surface area contributed by atoms with E-state index in [-0.39, 0.29) is 17.7 Å². The summed E-state index contributed by atoms with van der Waals surface area (Å²) in [6.07, 6.45) is 4.41. The van der Waals surface area contributed by atoms with Gasteiger partial charge in [-0.2, -0.15) is 5.10 Å². The largest absolute Gasteiger partial charge is 0.507 e. The summed E-state index contributed by atoms with van der Waals surface area (Å²) < 4.78 is 0. The van der Waals surface area contributed by atoms with Crippen molar-refractivity contribution in [3.8, 4) is 17.0 Å². The number of phenols is 1. The number of pyridine rings is 1. The van der Waals surface area contributed by atoms with E-state index >= 15 is 0 Å². The first-order chi connectivity index (χ1) is 16.0. The van der Waals surface area contributed by atoms with E-state index in [0.717, 1.165) is 28.7 Å². The molecule has 2 N–H and O–H groups in total. The van der Waals surface area contributed by atoms with Crippen molar-refractivity contribution in [3.63, 3.8) is 0 Å². The van der Waals surface area contributed by atoms with Crippen molar-refractivity contribution in [2.24, 2.45) is 0 Å². The molecule has 0 saturated heterocycles. The van der Waals surface area contributed by atoms with Crippen molar-refractivity contribution in [2.75, 3.05) is 0 Å². The molecule has 0 aliphatic carbocycles. The molecule has 5 rings (SSSR count). The Kier molecular flexibility index (Phi) is 5.38. The second kappa shape index (κ2) is 8.37. The van der Waals surface area contributed by atoms with Crippen molar-refractivity contribution < 1.29 is 9.90 Å². The number of halogens is 1. The number of nitrogens with one attached hydrogen (secondary N) is 1. The summed E-state index contributed by atoms with van der Waals surface area (Å²) in [5.74, 6) is -0.0701. The normalized spacial score (nSPS) is 15.2. The van der Waals surface area contributed by atoms with Gasteiger partial charge in [-0.1, -0.05) is 48.9 Å². The number of amides is 1. The fourth-order valence-electron chi connectivity index (χ4n) is 4.39. The fraction of sp³-hybridized carbons (Fsp3) is 0.192. The van der Waals surface area contributed by atoms with Crippen LogP contribution in [0.1, 0.15) is 51.3 Å². The predicted molar refractivity (Wildman–Crippen MR) is 127 cm³/mol. The van der Waals surface area contributed by atoms with Gasteiger partial charge in [0, 0.05) is 35.1 Å². The van der Waals surface area contributed by atoms with Crippen LogP contribution in [-0.4, -0.2) is 31.1 Å². The molecule has 166 valence electrons. The Hall–Kier alpha value is -3.64. The maximum Gasteiger partial charge on any atom is 0.273 e. The van der Waals surface area contributed by atoms with E-state index in [9.17, 15) is 9.90 Å². The van der Waals surface area contributed by atoms with E-state index in [1.54, 1.807) is 24.5 Å². The average Bonchev–Trinajstić information content (AvgIpc) is 3.36. The number of carbonyl (C=O) groups is 1. The van der Waals surface area contributed by atoms with Gasteiger partial charge in [-0.05, 0) is 53.8 Å². The number of fused-ring (bicyclic) bond motifs is 1. The van der Waals surface area contributed by atoms with Gasteiger partial charge in [-0.15, -0.1) is 0 Å². The van der Waals surface area contributed by atoms with Crippen LogP contribution < -0.4 is 0 Å². The van der Waals surface area contributed by atoms with Crippen molar-refractivity contribution in [1.82, 2.24) is 20.1 Å². The first-order valence-corrected chi connectivity index (χ1v) is 11.2. The molecular weight excluding hydrogens is 436 g/mol. The zero-order valence-electron chi connectivity index (χ0n) is 18.3. The topological polar surface area (TPSA) is 82.1 Å². The minimum atomic E-state index is -0.369. The first-order valence-electron chi connectivity index (χ1n) is 10.8. The second-order valence-electron chi connectivity index (χ2n) is 8.27. The highest BCUT2D eigenvalue weighted by atomic mass is 35.5. The third kappa shape index (κ3) is 3.66. The molecule has 0 saturated carbocycles. The Morgan fingerprint density at radius 3 is 2.64 bits per heavy atom. The zero-order chi connectivity index (χ0) is 23.1. The number of nitrogens with zero attached hydrogens (tertiary/aromatic N) is 3. The Labute approximate surface area is 196 Å². The van der Waals surface area contributed by atoms with Crippen LogP contribution in [0.4, 0.5) is 0 Å². The molecule has 0 spiro atoms. The van der Waals surface area contributed by atoms with Gasteiger partial charge in [0.05, 0.1) is 6.04 Å². The van der Waals surface area contributed by atoms with Gasteiger partial charge in [-0.25, -0.2) is 0 Å². The lowest BCUT2D eigenvalue weighted by molar-refractivity contribution is 0.0730. The van der Waals surface area contributed by atoms with Crippen molar-refractivity contribution in [3.05, 3.63) is 99.5 Å². The molecule has 7 heteroatoms. The molecule has 1 atom stereocenters. The zero-order valence-corrected chi connectivity index (χ0v) is 19.1. The number of aromatic nitrogens is 3. The predicted octanol–water partition coefficient (Wildman–Crippen LogP) is 5.45. The highest BCUT2D eigenvalue weighted by Gasteiger charge is 2.42. The number of aromatic amines is 1. The van der Waals surface area contributed by atoms with Crippen LogP contribution in [0.2, 0.25) is 5.02 Å². The summed E-state index contributed by atoms with van der Waals surface area (Å²) >= 11 is 6.37. The smallest absolute Gasteiger partial charge is 0.273 e. The fourth-order valence-corrected chi connectivity index (χ4v) is 4.56. The van der Waals surface area contributed by atoms with Crippen LogP contribution in [0.5, 0.6) is 5.75 Å². The van der Waals surface area contributed by atoms with Crippen LogP contribution in [0, 0.1) is 6.92 Å². The average molecular weight is 459 g/mol. The van der Waals surface area contributed by atoms with Gasteiger partial charge in [0.1, 0.15) is 17.1 Å². The minimum Gasteiger partial charge on any atom is -0.507 e. The summed E-state index contributed by atoms with van der Waals surface area (Å²) in [7, 11) is 0. The standard InChI is InChI=1S/C26H23ClN4O2/c1-3-16-6-8-18(9-7-16)25-22-23(19-12-20(27)15(2)11-21(19)32)29-30-24(22)26(33)31(25)14-17-5-4-10-28-13-17/h4-13,25,32H,3,14H2,1-2H3,(H,29,30)/t25-/m1/s1. The lowest BCUT2D eigenvalue weighted by atomic mass is 9.94. The molecule has 1 aliphatic heterocycles. The van der Waals surface area contributed by atoms with Gasteiger partial charge >= 0.3 is 0 Å². The van der Waals surface area contributed by atoms with Crippen LogP contribution in [0.15, 0.2) is 60.9 Å². The number of aryl methyl sites for hydroxylation is 2. The second-order valence-corrected chi connectivity index (χ2v) is 8.68. The van der Waals surface area contributed by atoms with E-state index in [2.05, 4.69) is 46.4 Å². The van der Waals surface area contributed by atoms with Gasteiger partial charge < -0.3 is 10.0 Å². The number of H-pyrrole nitrogens is 1. The molecule has 0 radical (unpaired) electrons. The quantitative estimate of drug-likeness (QED) is 0.416. The minimum absolute atomic E-state index is 0.0736. The molecule has 0 unspecified atom stereocenters.